The van der Waals surface area contributed by atoms with Crippen LogP contribution >= 0.6 is 0 Å². The molecule has 2 aromatic heterocycles. The van der Waals surface area contributed by atoms with E-state index in [4.69, 9.17) is 9.26 Å². The Balaban J connectivity index is 1.65. The van der Waals surface area contributed by atoms with Gasteiger partial charge in [-0.05, 0) is 20.3 Å². The molecule has 0 spiro atoms. The summed E-state index contributed by atoms with van der Waals surface area (Å²) in [6.45, 7) is 6.53. The van der Waals surface area contributed by atoms with Gasteiger partial charge in [0.25, 0.3) is 0 Å². The van der Waals surface area contributed by atoms with E-state index in [2.05, 4.69) is 28.7 Å². The summed E-state index contributed by atoms with van der Waals surface area (Å²) in [5.74, 6) is 1.26. The molecule has 3 heterocycles. The van der Waals surface area contributed by atoms with Gasteiger partial charge < -0.3 is 14.6 Å². The van der Waals surface area contributed by atoms with E-state index in [1.165, 1.54) is 0 Å². The number of ether oxygens (including phenoxy) is 1. The van der Waals surface area contributed by atoms with Crippen molar-refractivity contribution in [1.82, 2.24) is 14.9 Å². The molecule has 2 aromatic rings. The van der Waals surface area contributed by atoms with Crippen LogP contribution in [0.1, 0.15) is 30.8 Å². The Morgan fingerprint density at radius 3 is 3.05 bits per heavy atom. The molecule has 1 aliphatic rings. The average Bonchev–Trinajstić information content (AvgIpc) is 3.16. The third kappa shape index (κ3) is 2.56. The van der Waals surface area contributed by atoms with Crippen LogP contribution in [0.15, 0.2) is 23.1 Å². The fraction of sp³-hybridized carbons (Fsp3) is 0.571. The minimum atomic E-state index is 0.128. The summed E-state index contributed by atoms with van der Waals surface area (Å²) < 4.78 is 12.9. The Bertz CT molecular complexity index is 563. The third-order valence-electron chi connectivity index (χ3n) is 3.83. The van der Waals surface area contributed by atoms with Crippen LogP contribution in [0.2, 0.25) is 0 Å². The average molecular weight is 276 g/mol. The SMILES string of the molecule is CCn1cc([C@H]2OCC[C@@H]2CNc2cnoc2C)cn1. The highest BCUT2D eigenvalue weighted by Gasteiger charge is 2.30. The summed E-state index contributed by atoms with van der Waals surface area (Å²) in [5, 5.41) is 11.5. The van der Waals surface area contributed by atoms with E-state index in [0.717, 1.165) is 43.1 Å². The molecule has 1 fully saturated rings. The Morgan fingerprint density at radius 1 is 1.45 bits per heavy atom. The normalized spacial score (nSPS) is 22.3. The van der Waals surface area contributed by atoms with Crippen LogP contribution in [0.4, 0.5) is 5.69 Å². The first kappa shape index (κ1) is 13.2. The first-order valence-electron chi connectivity index (χ1n) is 7.07. The van der Waals surface area contributed by atoms with Gasteiger partial charge >= 0.3 is 0 Å². The molecule has 0 unspecified atom stereocenters. The smallest absolute Gasteiger partial charge is 0.156 e. The molecule has 3 rings (SSSR count). The maximum Gasteiger partial charge on any atom is 0.156 e. The lowest BCUT2D eigenvalue weighted by Crippen LogP contribution is -2.17. The quantitative estimate of drug-likeness (QED) is 0.908. The van der Waals surface area contributed by atoms with Crippen LogP contribution in [0.25, 0.3) is 0 Å². The fourth-order valence-electron chi connectivity index (χ4n) is 2.62. The molecule has 1 saturated heterocycles. The molecule has 0 radical (unpaired) electrons. The highest BCUT2D eigenvalue weighted by molar-refractivity contribution is 5.43. The first-order valence-corrected chi connectivity index (χ1v) is 7.07. The van der Waals surface area contributed by atoms with Gasteiger partial charge in [0, 0.05) is 37.4 Å². The van der Waals surface area contributed by atoms with Crippen molar-refractivity contribution in [3.8, 4) is 0 Å². The van der Waals surface area contributed by atoms with Crippen molar-refractivity contribution in [2.45, 2.75) is 32.9 Å². The van der Waals surface area contributed by atoms with Gasteiger partial charge in [0.1, 0.15) is 0 Å². The van der Waals surface area contributed by atoms with Gasteiger partial charge in [-0.2, -0.15) is 5.10 Å². The Labute approximate surface area is 118 Å². The highest BCUT2D eigenvalue weighted by atomic mass is 16.5. The number of hydrogen-bond donors (Lipinski definition) is 1. The third-order valence-corrected chi connectivity index (χ3v) is 3.83. The fourth-order valence-corrected chi connectivity index (χ4v) is 2.62. The molecule has 1 aliphatic heterocycles. The molecule has 108 valence electrons. The molecule has 1 N–H and O–H groups in total. The van der Waals surface area contributed by atoms with Gasteiger partial charge in [-0.3, -0.25) is 4.68 Å². The van der Waals surface area contributed by atoms with E-state index >= 15 is 0 Å². The predicted molar refractivity (Wildman–Crippen MR) is 74.4 cm³/mol. The maximum atomic E-state index is 5.88. The van der Waals surface area contributed by atoms with Crippen molar-refractivity contribution in [2.24, 2.45) is 5.92 Å². The number of nitrogens with one attached hydrogen (secondary N) is 1. The highest BCUT2D eigenvalue weighted by Crippen LogP contribution is 2.34. The summed E-state index contributed by atoms with van der Waals surface area (Å²) in [5.41, 5.74) is 2.12. The van der Waals surface area contributed by atoms with Gasteiger partial charge in [-0.1, -0.05) is 5.16 Å². The van der Waals surface area contributed by atoms with Crippen molar-refractivity contribution in [2.75, 3.05) is 18.5 Å². The van der Waals surface area contributed by atoms with Crippen molar-refractivity contribution in [3.63, 3.8) is 0 Å². The maximum absolute atomic E-state index is 5.88. The molecule has 0 bridgehead atoms. The molecular formula is C14H20N4O2. The molecule has 2 atom stereocenters. The first-order chi connectivity index (χ1) is 9.78. The standard InChI is InChI=1S/C14H20N4O2/c1-3-18-9-12(7-16-18)14-11(4-5-19-14)6-15-13-8-17-20-10(13)2/h7-9,11,14-15H,3-6H2,1-2H3/t11-,14+/m1/s1. The lowest BCUT2D eigenvalue weighted by molar-refractivity contribution is 0.0932. The van der Waals surface area contributed by atoms with Gasteiger partial charge in [0.05, 0.1) is 24.2 Å². The summed E-state index contributed by atoms with van der Waals surface area (Å²) in [6.07, 6.45) is 6.89. The number of aromatic nitrogens is 3. The van der Waals surface area contributed by atoms with Crippen LogP contribution in [0.5, 0.6) is 0 Å². The van der Waals surface area contributed by atoms with Crippen molar-refractivity contribution in [1.29, 1.82) is 0 Å². The molecule has 20 heavy (non-hydrogen) atoms. The van der Waals surface area contributed by atoms with E-state index in [1.54, 1.807) is 6.20 Å². The van der Waals surface area contributed by atoms with Crippen molar-refractivity contribution >= 4 is 5.69 Å². The lowest BCUT2D eigenvalue weighted by Gasteiger charge is -2.17. The van der Waals surface area contributed by atoms with E-state index in [-0.39, 0.29) is 6.10 Å². The van der Waals surface area contributed by atoms with Crippen LogP contribution in [-0.4, -0.2) is 28.1 Å². The monoisotopic (exact) mass is 276 g/mol. The van der Waals surface area contributed by atoms with Crippen molar-refractivity contribution < 1.29 is 9.26 Å². The second kappa shape index (κ2) is 5.66. The van der Waals surface area contributed by atoms with Gasteiger partial charge in [0.15, 0.2) is 5.76 Å². The summed E-state index contributed by atoms with van der Waals surface area (Å²) in [4.78, 5) is 0. The van der Waals surface area contributed by atoms with E-state index in [9.17, 15) is 0 Å². The number of hydrogen-bond acceptors (Lipinski definition) is 5. The summed E-state index contributed by atoms with van der Waals surface area (Å²) in [6, 6.07) is 0. The zero-order valence-corrected chi connectivity index (χ0v) is 11.9. The van der Waals surface area contributed by atoms with Gasteiger partial charge in [0.2, 0.25) is 0 Å². The van der Waals surface area contributed by atoms with Crippen LogP contribution < -0.4 is 5.32 Å². The Kier molecular flexibility index (Phi) is 3.73. The number of aryl methyl sites for hydroxylation is 2. The molecule has 6 nitrogen and oxygen atoms in total. The summed E-state index contributed by atoms with van der Waals surface area (Å²) in [7, 11) is 0. The minimum absolute atomic E-state index is 0.128. The minimum Gasteiger partial charge on any atom is -0.380 e. The van der Waals surface area contributed by atoms with Gasteiger partial charge in [-0.25, -0.2) is 0 Å². The van der Waals surface area contributed by atoms with Crippen molar-refractivity contribution in [3.05, 3.63) is 29.9 Å². The molecule has 0 saturated carbocycles. The Morgan fingerprint density at radius 2 is 2.35 bits per heavy atom. The zero-order chi connectivity index (χ0) is 13.9. The summed E-state index contributed by atoms with van der Waals surface area (Å²) >= 11 is 0. The molecule has 0 aromatic carbocycles. The van der Waals surface area contributed by atoms with E-state index < -0.39 is 0 Å². The zero-order valence-electron chi connectivity index (χ0n) is 11.9. The topological polar surface area (TPSA) is 65.1 Å². The Hall–Kier alpha value is -1.82. The molecule has 6 heteroatoms. The molecule has 0 aliphatic carbocycles. The van der Waals surface area contributed by atoms with E-state index in [1.807, 2.05) is 17.8 Å². The largest absolute Gasteiger partial charge is 0.380 e. The van der Waals surface area contributed by atoms with Crippen LogP contribution in [-0.2, 0) is 11.3 Å². The van der Waals surface area contributed by atoms with E-state index in [0.29, 0.717) is 5.92 Å². The van der Waals surface area contributed by atoms with Crippen LogP contribution in [0, 0.1) is 12.8 Å². The second-order valence-corrected chi connectivity index (χ2v) is 5.15. The number of anilines is 1. The second-order valence-electron chi connectivity index (χ2n) is 5.15. The lowest BCUT2D eigenvalue weighted by atomic mass is 9.97. The van der Waals surface area contributed by atoms with Crippen LogP contribution in [0.3, 0.4) is 0 Å². The molecular weight excluding hydrogens is 256 g/mol. The molecule has 0 amide bonds. The predicted octanol–water partition coefficient (Wildman–Crippen LogP) is 2.39. The van der Waals surface area contributed by atoms with Gasteiger partial charge in [-0.15, -0.1) is 0 Å². The number of nitrogens with zero attached hydrogens (tertiary/aromatic N) is 3. The number of rotatable bonds is 5.